The van der Waals surface area contributed by atoms with Gasteiger partial charge in [-0.2, -0.15) is 0 Å². The van der Waals surface area contributed by atoms with Gasteiger partial charge in [0.1, 0.15) is 11.5 Å². The number of anilines is 1. The lowest BCUT2D eigenvalue weighted by atomic mass is 9.96. The molecule has 196 valence electrons. The normalized spacial score (nSPS) is 13.2. The van der Waals surface area contributed by atoms with Crippen LogP contribution in [0.25, 0.3) is 0 Å². The molecule has 1 aliphatic rings. The second-order valence-corrected chi connectivity index (χ2v) is 9.75. The van der Waals surface area contributed by atoms with Crippen LogP contribution in [-0.2, 0) is 10.5 Å². The molecule has 1 amide bonds. The summed E-state index contributed by atoms with van der Waals surface area (Å²) in [5, 5.41) is 26.3. The number of para-hydroxylation sites is 1. The van der Waals surface area contributed by atoms with Crippen LogP contribution < -0.4 is 20.7 Å². The number of hydrogen-bond acceptors (Lipinski definition) is 7. The van der Waals surface area contributed by atoms with E-state index in [-0.39, 0.29) is 12.3 Å². The first kappa shape index (κ1) is 27.4. The highest BCUT2D eigenvalue weighted by Gasteiger charge is 2.40. The first-order valence-electron chi connectivity index (χ1n) is 11.8. The Morgan fingerprint density at radius 3 is 2.39 bits per heavy atom. The standard InChI is InChI=1S/C26H25Cl2N7O2S/c1-17-7-10-19(11-8-17)31-25(38)30-14-4-13-29-24(36)16-26(32-34-35-33-26)20-5-2-3-6-22(20)37-23-12-9-18(27)15-21(23)28/h2-3,5-12,15H,4,13-14,16H2,1H3,(H,29,36)(H2,30,31,38). The number of hydrogen-bond donors (Lipinski definition) is 3. The maximum absolute atomic E-state index is 12.9. The molecule has 0 bridgehead atoms. The van der Waals surface area contributed by atoms with Crippen molar-refractivity contribution < 1.29 is 9.53 Å². The van der Waals surface area contributed by atoms with Gasteiger partial charge >= 0.3 is 0 Å². The number of benzene rings is 3. The number of halogens is 2. The van der Waals surface area contributed by atoms with E-state index in [0.29, 0.717) is 51.7 Å². The zero-order valence-electron chi connectivity index (χ0n) is 20.4. The molecule has 9 nitrogen and oxygen atoms in total. The van der Waals surface area contributed by atoms with Gasteiger partial charge in [0.15, 0.2) is 5.11 Å². The highest BCUT2D eigenvalue weighted by Crippen LogP contribution is 2.43. The van der Waals surface area contributed by atoms with Crippen LogP contribution in [0.1, 0.15) is 24.0 Å². The van der Waals surface area contributed by atoms with Crippen molar-refractivity contribution in [1.82, 2.24) is 10.6 Å². The van der Waals surface area contributed by atoms with Crippen LogP contribution in [-0.4, -0.2) is 24.1 Å². The van der Waals surface area contributed by atoms with E-state index >= 15 is 0 Å². The molecule has 1 heterocycles. The summed E-state index contributed by atoms with van der Waals surface area (Å²) in [4.78, 5) is 12.9. The molecule has 0 fully saturated rings. The van der Waals surface area contributed by atoms with Gasteiger partial charge in [-0.15, -0.1) is 10.2 Å². The highest BCUT2D eigenvalue weighted by molar-refractivity contribution is 7.80. The minimum Gasteiger partial charge on any atom is -0.455 e. The lowest BCUT2D eigenvalue weighted by molar-refractivity contribution is -0.122. The van der Waals surface area contributed by atoms with Crippen molar-refractivity contribution >= 4 is 52.1 Å². The Hall–Kier alpha value is -3.60. The monoisotopic (exact) mass is 569 g/mol. The second-order valence-electron chi connectivity index (χ2n) is 8.50. The summed E-state index contributed by atoms with van der Waals surface area (Å²) in [5.74, 6) is 0.560. The topological polar surface area (TPSA) is 112 Å². The quantitative estimate of drug-likeness (QED) is 0.180. The Morgan fingerprint density at radius 2 is 1.66 bits per heavy atom. The number of thiocarbonyl (C=S) groups is 1. The predicted octanol–water partition coefficient (Wildman–Crippen LogP) is 6.96. The summed E-state index contributed by atoms with van der Waals surface area (Å²) in [6.07, 6.45) is 0.557. The second kappa shape index (κ2) is 12.8. The van der Waals surface area contributed by atoms with E-state index in [1.54, 1.807) is 42.5 Å². The number of ether oxygens (including phenoxy) is 1. The van der Waals surface area contributed by atoms with Crippen molar-refractivity contribution in [2.45, 2.75) is 25.4 Å². The number of rotatable bonds is 10. The molecular weight excluding hydrogens is 545 g/mol. The van der Waals surface area contributed by atoms with Gasteiger partial charge in [-0.25, -0.2) is 0 Å². The number of aryl methyl sites for hydroxylation is 1. The van der Waals surface area contributed by atoms with Crippen LogP contribution in [0.15, 0.2) is 87.4 Å². The molecule has 0 atom stereocenters. The molecule has 0 saturated heterocycles. The van der Waals surface area contributed by atoms with Crippen molar-refractivity contribution in [3.05, 3.63) is 87.9 Å². The molecule has 12 heteroatoms. The number of nitrogens with one attached hydrogen (secondary N) is 3. The van der Waals surface area contributed by atoms with E-state index in [2.05, 4.69) is 36.6 Å². The summed E-state index contributed by atoms with van der Waals surface area (Å²) < 4.78 is 6.05. The molecule has 1 aliphatic heterocycles. The molecule has 0 spiro atoms. The van der Waals surface area contributed by atoms with E-state index in [4.69, 9.17) is 40.2 Å². The van der Waals surface area contributed by atoms with Gasteiger partial charge in [-0.05, 0) is 72.4 Å². The van der Waals surface area contributed by atoms with Crippen LogP contribution in [0, 0.1) is 6.92 Å². The lowest BCUT2D eigenvalue weighted by Crippen LogP contribution is -2.34. The molecular formula is C26H25Cl2N7O2S. The minimum absolute atomic E-state index is 0.102. The van der Waals surface area contributed by atoms with Gasteiger partial charge in [-0.3, -0.25) is 4.79 Å². The van der Waals surface area contributed by atoms with Gasteiger partial charge in [-0.1, -0.05) is 59.1 Å². The van der Waals surface area contributed by atoms with Gasteiger partial charge in [0.2, 0.25) is 11.6 Å². The molecule has 4 rings (SSSR count). The van der Waals surface area contributed by atoms with Crippen LogP contribution in [0.5, 0.6) is 11.5 Å². The number of carbonyl (C=O) groups is 1. The zero-order chi connectivity index (χ0) is 27.0. The van der Waals surface area contributed by atoms with Crippen molar-refractivity contribution in [3.8, 4) is 11.5 Å². The van der Waals surface area contributed by atoms with Crippen molar-refractivity contribution in [2.75, 3.05) is 18.4 Å². The third-order valence-electron chi connectivity index (χ3n) is 5.57. The van der Waals surface area contributed by atoms with E-state index in [9.17, 15) is 4.79 Å². The Balaban J connectivity index is 1.31. The van der Waals surface area contributed by atoms with E-state index in [1.807, 2.05) is 31.2 Å². The zero-order valence-corrected chi connectivity index (χ0v) is 22.8. The summed E-state index contributed by atoms with van der Waals surface area (Å²) in [6, 6.07) is 20.0. The maximum atomic E-state index is 12.9. The average molecular weight is 571 g/mol. The highest BCUT2D eigenvalue weighted by atomic mass is 35.5. The van der Waals surface area contributed by atoms with E-state index in [0.717, 1.165) is 5.69 Å². The number of carbonyl (C=O) groups excluding carboxylic acids is 1. The maximum Gasteiger partial charge on any atom is 0.232 e. The van der Waals surface area contributed by atoms with Crippen LogP contribution in [0.4, 0.5) is 5.69 Å². The first-order chi connectivity index (χ1) is 18.3. The largest absolute Gasteiger partial charge is 0.455 e. The van der Waals surface area contributed by atoms with Crippen LogP contribution >= 0.6 is 35.4 Å². The third kappa shape index (κ3) is 7.25. The van der Waals surface area contributed by atoms with Crippen molar-refractivity contribution in [3.63, 3.8) is 0 Å². The summed E-state index contributed by atoms with van der Waals surface area (Å²) in [7, 11) is 0. The van der Waals surface area contributed by atoms with Gasteiger partial charge in [0, 0.05) is 29.4 Å². The fourth-order valence-electron chi connectivity index (χ4n) is 3.66. The summed E-state index contributed by atoms with van der Waals surface area (Å²) >= 11 is 17.6. The van der Waals surface area contributed by atoms with E-state index in [1.165, 1.54) is 5.56 Å². The fraction of sp³-hybridized carbons (Fsp3) is 0.231. The fourth-order valence-corrected chi connectivity index (χ4v) is 4.33. The van der Waals surface area contributed by atoms with Crippen molar-refractivity contribution in [2.24, 2.45) is 20.7 Å². The Morgan fingerprint density at radius 1 is 0.947 bits per heavy atom. The predicted molar refractivity (Wildman–Crippen MR) is 152 cm³/mol. The van der Waals surface area contributed by atoms with Gasteiger partial charge in [0.25, 0.3) is 0 Å². The Kier molecular flexibility index (Phi) is 9.22. The molecule has 0 aliphatic carbocycles. The Bertz CT molecular complexity index is 1350. The van der Waals surface area contributed by atoms with Crippen LogP contribution in [0.3, 0.4) is 0 Å². The van der Waals surface area contributed by atoms with Crippen LogP contribution in [0.2, 0.25) is 10.0 Å². The smallest absolute Gasteiger partial charge is 0.232 e. The minimum atomic E-state index is -1.35. The molecule has 0 radical (unpaired) electrons. The number of nitrogens with zero attached hydrogens (tertiary/aromatic N) is 4. The van der Waals surface area contributed by atoms with Gasteiger partial charge in [0.05, 0.1) is 11.4 Å². The molecule has 0 aromatic heterocycles. The Labute approximate surface area is 235 Å². The molecule has 0 saturated carbocycles. The molecule has 3 aromatic rings. The van der Waals surface area contributed by atoms with E-state index < -0.39 is 5.66 Å². The number of amides is 1. The average Bonchev–Trinajstić information content (AvgIpc) is 3.36. The first-order valence-corrected chi connectivity index (χ1v) is 13.0. The summed E-state index contributed by atoms with van der Waals surface area (Å²) in [6.45, 7) is 3.04. The van der Waals surface area contributed by atoms with Crippen molar-refractivity contribution in [1.29, 1.82) is 0 Å². The third-order valence-corrected chi connectivity index (χ3v) is 6.35. The molecule has 38 heavy (non-hydrogen) atoms. The molecule has 3 N–H and O–H groups in total. The molecule has 0 unspecified atom stereocenters. The summed E-state index contributed by atoms with van der Waals surface area (Å²) in [5.41, 5.74) is 1.26. The van der Waals surface area contributed by atoms with Gasteiger partial charge < -0.3 is 20.7 Å². The SMILES string of the molecule is Cc1ccc(NC(=S)NCCCNC(=O)CC2(c3ccccc3Oc3ccc(Cl)cc3Cl)N=NN=N2)cc1. The lowest BCUT2D eigenvalue weighted by Gasteiger charge is -2.22. The molecule has 3 aromatic carbocycles.